The number of thiophene rings is 1. The fourth-order valence-corrected chi connectivity index (χ4v) is 5.78. The molecule has 0 amide bonds. The zero-order valence-corrected chi connectivity index (χ0v) is 15.5. The van der Waals surface area contributed by atoms with Gasteiger partial charge in [-0.15, -0.1) is 11.3 Å². The number of ether oxygens (including phenoxy) is 1. The predicted octanol–water partition coefficient (Wildman–Crippen LogP) is 3.72. The van der Waals surface area contributed by atoms with Crippen molar-refractivity contribution in [2.45, 2.75) is 36.9 Å². The third-order valence-electron chi connectivity index (χ3n) is 4.02. The Bertz CT molecular complexity index is 848. The van der Waals surface area contributed by atoms with Crippen LogP contribution in [0.5, 0.6) is 0 Å². The number of rotatable bonds is 5. The van der Waals surface area contributed by atoms with E-state index in [-0.39, 0.29) is 4.90 Å². The third-order valence-corrected chi connectivity index (χ3v) is 6.95. The van der Waals surface area contributed by atoms with Crippen LogP contribution in [0.1, 0.15) is 35.1 Å². The van der Waals surface area contributed by atoms with E-state index in [0.29, 0.717) is 15.6 Å². The molecule has 8 heteroatoms. The summed E-state index contributed by atoms with van der Waals surface area (Å²) in [5, 5.41) is 11.0. The molecule has 1 aromatic carbocycles. The van der Waals surface area contributed by atoms with Gasteiger partial charge < -0.3 is 9.84 Å². The Morgan fingerprint density at radius 1 is 1.33 bits per heavy atom. The molecule has 0 saturated heterocycles. The van der Waals surface area contributed by atoms with Gasteiger partial charge in [-0.05, 0) is 49.4 Å². The molecule has 0 bridgehead atoms. The molecule has 2 N–H and O–H groups in total. The van der Waals surface area contributed by atoms with Crippen molar-refractivity contribution < 1.29 is 18.3 Å². The highest BCUT2D eigenvalue weighted by Crippen LogP contribution is 2.42. The number of aliphatic hydroxyl groups is 1. The Labute approximate surface area is 150 Å². The molecule has 1 aliphatic carbocycles. The van der Waals surface area contributed by atoms with E-state index in [0.717, 1.165) is 36.1 Å². The van der Waals surface area contributed by atoms with E-state index in [4.69, 9.17) is 16.3 Å². The monoisotopic (exact) mass is 387 g/mol. The lowest BCUT2D eigenvalue weighted by molar-refractivity contribution is -0.0767. The van der Waals surface area contributed by atoms with Gasteiger partial charge in [0.15, 0.2) is 6.29 Å². The van der Waals surface area contributed by atoms with Crippen LogP contribution in [0, 0.1) is 0 Å². The molecule has 0 fully saturated rings. The third kappa shape index (κ3) is 3.45. The first-order valence-corrected chi connectivity index (χ1v) is 10.2. The molecule has 1 aromatic heterocycles. The fraction of sp³-hybridized carbons (Fsp3) is 0.375. The summed E-state index contributed by atoms with van der Waals surface area (Å²) in [4.78, 5) is 1.19. The molecular formula is C16H18ClNO4S2. The van der Waals surface area contributed by atoms with Crippen molar-refractivity contribution in [1.29, 1.82) is 0 Å². The largest absolute Gasteiger partial charge is 0.364 e. The van der Waals surface area contributed by atoms with Crippen molar-refractivity contribution in [3.63, 3.8) is 0 Å². The van der Waals surface area contributed by atoms with Gasteiger partial charge in [-0.2, -0.15) is 0 Å². The molecule has 1 aliphatic rings. The lowest BCUT2D eigenvalue weighted by Crippen LogP contribution is -2.15. The van der Waals surface area contributed by atoms with Crippen LogP contribution in [0.4, 0.5) is 5.00 Å². The number of hydrogen-bond donors (Lipinski definition) is 2. The van der Waals surface area contributed by atoms with Crippen molar-refractivity contribution in [3.8, 4) is 0 Å². The molecule has 1 heterocycles. The Hall–Kier alpha value is -1.12. The lowest BCUT2D eigenvalue weighted by atomic mass is 9.95. The highest BCUT2D eigenvalue weighted by atomic mass is 35.5. The molecule has 1 unspecified atom stereocenters. The number of fused-ring (bicyclic) bond motifs is 1. The molecule has 0 saturated carbocycles. The van der Waals surface area contributed by atoms with E-state index < -0.39 is 16.3 Å². The number of benzene rings is 1. The van der Waals surface area contributed by atoms with E-state index >= 15 is 0 Å². The van der Waals surface area contributed by atoms with Crippen LogP contribution in [-0.2, 0) is 27.6 Å². The van der Waals surface area contributed by atoms with Gasteiger partial charge >= 0.3 is 0 Å². The standard InChI is InChI=1S/C16H18ClNO4S2/c1-22-16(19)14-12-7-2-3-8-13(12)23-15(14)18-24(20,21)11-6-4-5-10(17)9-11/h4-6,9,16,18-19H,2-3,7-8H2,1H3. The van der Waals surface area contributed by atoms with Gasteiger partial charge in [0.05, 0.1) is 4.90 Å². The first-order valence-electron chi connectivity index (χ1n) is 7.56. The maximum absolute atomic E-state index is 12.6. The number of methoxy groups -OCH3 is 1. The van der Waals surface area contributed by atoms with E-state index in [1.807, 2.05) is 0 Å². The van der Waals surface area contributed by atoms with Gasteiger partial charge in [-0.3, -0.25) is 4.72 Å². The normalized spacial score (nSPS) is 15.8. The van der Waals surface area contributed by atoms with Crippen molar-refractivity contribution in [2.75, 3.05) is 11.8 Å². The zero-order chi connectivity index (χ0) is 17.3. The average Bonchev–Trinajstić information content (AvgIpc) is 2.91. The molecule has 24 heavy (non-hydrogen) atoms. The second-order valence-electron chi connectivity index (χ2n) is 5.60. The van der Waals surface area contributed by atoms with Gasteiger partial charge in [0.2, 0.25) is 0 Å². The number of nitrogens with one attached hydrogen (secondary N) is 1. The van der Waals surface area contributed by atoms with Crippen LogP contribution in [-0.4, -0.2) is 20.6 Å². The quantitative estimate of drug-likeness (QED) is 0.766. The van der Waals surface area contributed by atoms with E-state index in [9.17, 15) is 13.5 Å². The van der Waals surface area contributed by atoms with E-state index in [2.05, 4.69) is 4.72 Å². The topological polar surface area (TPSA) is 75.6 Å². The summed E-state index contributed by atoms with van der Waals surface area (Å²) in [6.07, 6.45) is 2.65. The number of aryl methyl sites for hydroxylation is 1. The summed E-state index contributed by atoms with van der Waals surface area (Å²) in [7, 11) is -2.39. The van der Waals surface area contributed by atoms with E-state index in [1.54, 1.807) is 12.1 Å². The maximum Gasteiger partial charge on any atom is 0.262 e. The van der Waals surface area contributed by atoms with Gasteiger partial charge in [-0.25, -0.2) is 8.42 Å². The van der Waals surface area contributed by atoms with Crippen molar-refractivity contribution in [3.05, 3.63) is 45.3 Å². The summed E-state index contributed by atoms with van der Waals surface area (Å²) in [6.45, 7) is 0. The molecule has 0 spiro atoms. The minimum Gasteiger partial charge on any atom is -0.364 e. The summed E-state index contributed by atoms with van der Waals surface area (Å²) >= 11 is 7.26. The molecule has 2 aromatic rings. The lowest BCUT2D eigenvalue weighted by Gasteiger charge is -2.16. The van der Waals surface area contributed by atoms with Crippen LogP contribution in [0.2, 0.25) is 5.02 Å². The predicted molar refractivity (Wildman–Crippen MR) is 95.2 cm³/mol. The molecule has 130 valence electrons. The van der Waals surface area contributed by atoms with Crippen molar-refractivity contribution >= 4 is 38.0 Å². The van der Waals surface area contributed by atoms with Gasteiger partial charge in [0, 0.05) is 22.6 Å². The summed E-state index contributed by atoms with van der Waals surface area (Å²) in [5.74, 6) is 0. The van der Waals surface area contributed by atoms with Gasteiger partial charge in [0.25, 0.3) is 10.0 Å². The minimum absolute atomic E-state index is 0.0826. The van der Waals surface area contributed by atoms with Crippen molar-refractivity contribution in [1.82, 2.24) is 0 Å². The minimum atomic E-state index is -3.79. The SMILES string of the molecule is COC(O)c1c(NS(=O)(=O)c2cccc(Cl)c2)sc2c1CCCC2. The maximum atomic E-state index is 12.6. The van der Waals surface area contributed by atoms with Gasteiger partial charge in [0.1, 0.15) is 5.00 Å². The molecule has 5 nitrogen and oxygen atoms in total. The summed E-state index contributed by atoms with van der Waals surface area (Å²) in [5.41, 5.74) is 1.53. The molecule has 3 rings (SSSR count). The van der Waals surface area contributed by atoms with Crippen LogP contribution in [0.25, 0.3) is 0 Å². The van der Waals surface area contributed by atoms with Crippen LogP contribution in [0.15, 0.2) is 29.2 Å². The molecule has 0 radical (unpaired) electrons. The highest BCUT2D eigenvalue weighted by molar-refractivity contribution is 7.93. The average molecular weight is 388 g/mol. The Kier molecular flexibility index (Phi) is 5.17. The first-order chi connectivity index (χ1) is 11.4. The van der Waals surface area contributed by atoms with Crippen LogP contribution < -0.4 is 4.72 Å². The molecule has 0 aliphatic heterocycles. The van der Waals surface area contributed by atoms with Crippen molar-refractivity contribution in [2.24, 2.45) is 0 Å². The highest BCUT2D eigenvalue weighted by Gasteiger charge is 2.28. The van der Waals surface area contributed by atoms with Gasteiger partial charge in [-0.1, -0.05) is 17.7 Å². The number of halogens is 1. The number of sulfonamides is 1. The fourth-order valence-electron chi connectivity index (χ4n) is 2.86. The second-order valence-corrected chi connectivity index (χ2v) is 8.83. The summed E-state index contributed by atoms with van der Waals surface area (Å²) in [6, 6.07) is 6.07. The first kappa shape index (κ1) is 17.7. The Balaban J connectivity index is 2.02. The number of aliphatic hydroxyl groups excluding tert-OH is 1. The van der Waals surface area contributed by atoms with E-state index in [1.165, 1.54) is 30.6 Å². The zero-order valence-electron chi connectivity index (χ0n) is 13.1. The number of hydrogen-bond acceptors (Lipinski definition) is 5. The number of anilines is 1. The second kappa shape index (κ2) is 7.01. The Morgan fingerprint density at radius 3 is 2.79 bits per heavy atom. The summed E-state index contributed by atoms with van der Waals surface area (Å²) < 4.78 is 32.9. The molecular weight excluding hydrogens is 370 g/mol. The van der Waals surface area contributed by atoms with Crippen LogP contribution >= 0.6 is 22.9 Å². The van der Waals surface area contributed by atoms with Crippen LogP contribution in [0.3, 0.4) is 0 Å². The Morgan fingerprint density at radius 2 is 2.08 bits per heavy atom. The molecule has 1 atom stereocenters. The smallest absolute Gasteiger partial charge is 0.262 e.